The molecule has 8 heteroatoms. The Bertz CT molecular complexity index is 815. The number of fused-ring (bicyclic) bond motifs is 1. The minimum atomic E-state index is -3.98. The van der Waals surface area contributed by atoms with Crippen LogP contribution in [0.25, 0.3) is 0 Å². The first-order valence-electron chi connectivity index (χ1n) is 8.36. The second kappa shape index (κ2) is 8.83. The van der Waals surface area contributed by atoms with Crippen LogP contribution in [0.15, 0.2) is 39.8 Å². The van der Waals surface area contributed by atoms with E-state index in [1.165, 1.54) is 5.57 Å². The van der Waals surface area contributed by atoms with Gasteiger partial charge in [0.1, 0.15) is 0 Å². The Morgan fingerprint density at radius 3 is 2.46 bits per heavy atom. The first-order valence-corrected chi connectivity index (χ1v) is 10.8. The second-order valence-electron chi connectivity index (χ2n) is 5.77. The van der Waals surface area contributed by atoms with Crippen molar-refractivity contribution in [2.45, 2.75) is 31.6 Å². The maximum absolute atomic E-state index is 11.1. The van der Waals surface area contributed by atoms with Crippen molar-refractivity contribution in [2.75, 3.05) is 31.4 Å². The second-order valence-corrected chi connectivity index (χ2v) is 8.40. The highest BCUT2D eigenvalue weighted by Crippen LogP contribution is 2.50. The molecule has 0 bridgehead atoms. The van der Waals surface area contributed by atoms with Crippen LogP contribution in [0.4, 0.5) is 5.69 Å². The number of anilines is 1. The van der Waals surface area contributed by atoms with Crippen molar-refractivity contribution in [1.82, 2.24) is 0 Å². The van der Waals surface area contributed by atoms with Crippen LogP contribution in [-0.2, 0) is 10.1 Å². The van der Waals surface area contributed by atoms with Gasteiger partial charge >= 0.3 is 0 Å². The van der Waals surface area contributed by atoms with Gasteiger partial charge in [-0.3, -0.25) is 4.55 Å². The van der Waals surface area contributed by atoms with E-state index in [0.29, 0.717) is 24.5 Å². The average Bonchev–Trinajstić information content (AvgIpc) is 2.93. The molecule has 144 valence electrons. The molecule has 2 rings (SSSR count). The minimum absolute atomic E-state index is 0.270. The molecule has 0 atom stereocenters. The van der Waals surface area contributed by atoms with Crippen molar-refractivity contribution in [1.29, 1.82) is 0 Å². The van der Waals surface area contributed by atoms with E-state index in [1.807, 2.05) is 19.1 Å². The van der Waals surface area contributed by atoms with E-state index in [1.54, 1.807) is 26.0 Å². The van der Waals surface area contributed by atoms with Crippen LogP contribution in [0.2, 0.25) is 0 Å². The molecule has 1 aliphatic heterocycles. The molecular weight excluding hydrogens is 374 g/mol. The van der Waals surface area contributed by atoms with E-state index < -0.39 is 10.1 Å². The molecule has 6 nitrogen and oxygen atoms in total. The zero-order valence-corrected chi connectivity index (χ0v) is 17.1. The summed E-state index contributed by atoms with van der Waals surface area (Å²) < 4.78 is 41.9. The van der Waals surface area contributed by atoms with E-state index >= 15 is 0 Å². The van der Waals surface area contributed by atoms with Gasteiger partial charge in [0.05, 0.1) is 30.7 Å². The zero-order chi connectivity index (χ0) is 19.3. The molecule has 26 heavy (non-hydrogen) atoms. The number of rotatable bonds is 8. The standard InChI is InChI=1S/C18H25NO5S2/c1-5-13(6-2)10-18-19(8-7-9-26(20,21)22)14-11-15(23-3)16(24-4)12-17(14)25-18/h5,10-12H,6-9H2,1-4H3,(H,20,21,22). The fourth-order valence-electron chi connectivity index (χ4n) is 2.72. The number of hydrogen-bond acceptors (Lipinski definition) is 6. The first-order chi connectivity index (χ1) is 12.3. The predicted octanol–water partition coefficient (Wildman–Crippen LogP) is 4.09. The summed E-state index contributed by atoms with van der Waals surface area (Å²) in [6.07, 6.45) is 5.40. The van der Waals surface area contributed by atoms with Gasteiger partial charge in [-0.1, -0.05) is 24.8 Å². The number of thioether (sulfide) groups is 1. The largest absolute Gasteiger partial charge is 0.493 e. The summed E-state index contributed by atoms with van der Waals surface area (Å²) in [6.45, 7) is 4.56. The normalized spacial score (nSPS) is 16.1. The van der Waals surface area contributed by atoms with Crippen LogP contribution in [0, 0.1) is 0 Å². The molecule has 1 heterocycles. The Morgan fingerprint density at radius 2 is 1.92 bits per heavy atom. The first kappa shape index (κ1) is 20.7. The number of ether oxygens (including phenoxy) is 2. The summed E-state index contributed by atoms with van der Waals surface area (Å²) in [4.78, 5) is 3.08. The Morgan fingerprint density at radius 1 is 1.27 bits per heavy atom. The van der Waals surface area contributed by atoms with Gasteiger partial charge in [-0.15, -0.1) is 0 Å². The van der Waals surface area contributed by atoms with Crippen LogP contribution in [-0.4, -0.2) is 39.5 Å². The number of nitrogens with zero attached hydrogens (tertiary/aromatic N) is 1. The number of allylic oxidation sites excluding steroid dienone is 3. The molecule has 0 aliphatic carbocycles. The van der Waals surface area contributed by atoms with E-state index in [-0.39, 0.29) is 5.75 Å². The zero-order valence-electron chi connectivity index (χ0n) is 15.5. The Labute approximate surface area is 159 Å². The number of methoxy groups -OCH3 is 2. The summed E-state index contributed by atoms with van der Waals surface area (Å²) in [6, 6.07) is 3.83. The number of benzene rings is 1. The molecular formula is C18H25NO5S2. The fraction of sp³-hybridized carbons (Fsp3) is 0.444. The molecule has 0 fully saturated rings. The third-order valence-corrected chi connectivity index (χ3v) is 6.01. The number of hydrogen-bond donors (Lipinski definition) is 1. The van der Waals surface area contributed by atoms with Gasteiger partial charge in [-0.25, -0.2) is 0 Å². The topological polar surface area (TPSA) is 76.1 Å². The average molecular weight is 400 g/mol. The van der Waals surface area contributed by atoms with Gasteiger partial charge in [0, 0.05) is 23.6 Å². The van der Waals surface area contributed by atoms with Crippen molar-refractivity contribution in [2.24, 2.45) is 0 Å². The van der Waals surface area contributed by atoms with Gasteiger partial charge in [0.2, 0.25) is 0 Å². The van der Waals surface area contributed by atoms with E-state index in [9.17, 15) is 8.42 Å². The highest BCUT2D eigenvalue weighted by molar-refractivity contribution is 8.03. The predicted molar refractivity (Wildman–Crippen MR) is 106 cm³/mol. The van der Waals surface area contributed by atoms with Crippen molar-refractivity contribution in [3.8, 4) is 11.5 Å². The summed E-state index contributed by atoms with van der Waals surface area (Å²) >= 11 is 1.61. The Hall–Kier alpha value is -1.64. The molecule has 0 aromatic heterocycles. The lowest BCUT2D eigenvalue weighted by Gasteiger charge is -2.21. The molecule has 0 unspecified atom stereocenters. The van der Waals surface area contributed by atoms with E-state index in [0.717, 1.165) is 22.0 Å². The maximum atomic E-state index is 11.1. The molecule has 1 N–H and O–H groups in total. The van der Waals surface area contributed by atoms with Gasteiger partial charge in [0.25, 0.3) is 10.1 Å². The van der Waals surface area contributed by atoms with Gasteiger partial charge in [0.15, 0.2) is 11.5 Å². The lowest BCUT2D eigenvalue weighted by molar-refractivity contribution is 0.354. The van der Waals surface area contributed by atoms with Crippen LogP contribution in [0.3, 0.4) is 0 Å². The van der Waals surface area contributed by atoms with Crippen LogP contribution in [0.1, 0.15) is 26.7 Å². The molecule has 0 amide bonds. The molecule has 1 aliphatic rings. The summed E-state index contributed by atoms with van der Waals surface area (Å²) in [5, 5.41) is 1.01. The fourth-order valence-corrected chi connectivity index (χ4v) is 4.39. The van der Waals surface area contributed by atoms with Gasteiger partial charge in [-0.05, 0) is 31.4 Å². The third kappa shape index (κ3) is 4.96. The summed E-state index contributed by atoms with van der Waals surface area (Å²) in [7, 11) is -0.795. The lowest BCUT2D eigenvalue weighted by Crippen LogP contribution is -2.21. The van der Waals surface area contributed by atoms with Crippen molar-refractivity contribution in [3.63, 3.8) is 0 Å². The molecule has 1 aromatic rings. The van der Waals surface area contributed by atoms with E-state index in [4.69, 9.17) is 14.0 Å². The van der Waals surface area contributed by atoms with E-state index in [2.05, 4.69) is 24.0 Å². The summed E-state index contributed by atoms with van der Waals surface area (Å²) in [5.41, 5.74) is 2.14. The van der Waals surface area contributed by atoms with Crippen LogP contribution < -0.4 is 14.4 Å². The third-order valence-electron chi connectivity index (χ3n) is 4.11. The molecule has 1 aromatic carbocycles. The maximum Gasteiger partial charge on any atom is 0.264 e. The van der Waals surface area contributed by atoms with Crippen molar-refractivity contribution < 1.29 is 22.4 Å². The molecule has 0 spiro atoms. The summed E-state index contributed by atoms with van der Waals surface area (Å²) in [5.74, 6) is 1.00. The Balaban J connectivity index is 2.40. The van der Waals surface area contributed by atoms with Crippen molar-refractivity contribution in [3.05, 3.63) is 34.9 Å². The highest BCUT2D eigenvalue weighted by atomic mass is 32.2. The highest BCUT2D eigenvalue weighted by Gasteiger charge is 2.27. The molecule has 0 saturated heterocycles. The molecule has 0 saturated carbocycles. The monoisotopic (exact) mass is 399 g/mol. The quantitative estimate of drug-likeness (QED) is 0.660. The minimum Gasteiger partial charge on any atom is -0.493 e. The SMILES string of the molecule is CC=C(C=C1Sc2cc(OC)c(OC)cc2N1CCCS(=O)(=O)O)CC. The molecule has 0 radical (unpaired) electrons. The Kier molecular flexibility index (Phi) is 7.02. The van der Waals surface area contributed by atoms with Gasteiger partial charge < -0.3 is 14.4 Å². The van der Waals surface area contributed by atoms with Crippen molar-refractivity contribution >= 4 is 27.6 Å². The van der Waals surface area contributed by atoms with Crippen LogP contribution in [0.5, 0.6) is 11.5 Å². The van der Waals surface area contributed by atoms with Crippen LogP contribution >= 0.6 is 11.8 Å². The smallest absolute Gasteiger partial charge is 0.264 e. The van der Waals surface area contributed by atoms with Gasteiger partial charge in [-0.2, -0.15) is 8.42 Å². The lowest BCUT2D eigenvalue weighted by atomic mass is 10.2.